The minimum Gasteiger partial charge on any atom is -0.480 e. The third kappa shape index (κ3) is 3.82. The van der Waals surface area contributed by atoms with E-state index < -0.39 is 10.8 Å². The molecule has 0 aliphatic carbocycles. The SMILES string of the molecule is CCCCc1cc(C(C)CC)c2c(c1)C(c1ccccc1)S(=O)CO2. The van der Waals surface area contributed by atoms with Crippen molar-refractivity contribution >= 4 is 10.8 Å². The summed E-state index contributed by atoms with van der Waals surface area (Å²) < 4.78 is 18.8. The van der Waals surface area contributed by atoms with Gasteiger partial charge in [-0.2, -0.15) is 0 Å². The summed E-state index contributed by atoms with van der Waals surface area (Å²) >= 11 is 0. The lowest BCUT2D eigenvalue weighted by molar-refractivity contribution is 0.365. The number of rotatable bonds is 6. The van der Waals surface area contributed by atoms with Crippen LogP contribution < -0.4 is 4.74 Å². The van der Waals surface area contributed by atoms with Crippen molar-refractivity contribution in [2.45, 2.75) is 57.6 Å². The molecule has 0 saturated carbocycles. The van der Waals surface area contributed by atoms with E-state index in [-0.39, 0.29) is 11.2 Å². The lowest BCUT2D eigenvalue weighted by Crippen LogP contribution is -2.23. The molecule has 0 saturated heterocycles. The average Bonchev–Trinajstić information content (AvgIpc) is 2.65. The second-order valence-electron chi connectivity index (χ2n) is 6.95. The molecule has 3 unspecified atom stereocenters. The molecule has 0 fully saturated rings. The second kappa shape index (κ2) is 8.18. The molecule has 0 bridgehead atoms. The van der Waals surface area contributed by atoms with Gasteiger partial charge in [0, 0.05) is 5.56 Å². The molecule has 0 amide bonds. The first-order valence-corrected chi connectivity index (χ1v) is 10.8. The third-order valence-electron chi connectivity index (χ3n) is 5.14. The van der Waals surface area contributed by atoms with Gasteiger partial charge in [-0.1, -0.05) is 69.7 Å². The Bertz CT molecular complexity index is 739. The average molecular weight is 357 g/mol. The highest BCUT2D eigenvalue weighted by Gasteiger charge is 2.32. The van der Waals surface area contributed by atoms with E-state index >= 15 is 0 Å². The molecule has 2 aromatic rings. The molecule has 0 N–H and O–H groups in total. The van der Waals surface area contributed by atoms with Gasteiger partial charge >= 0.3 is 0 Å². The first-order chi connectivity index (χ1) is 12.2. The van der Waals surface area contributed by atoms with E-state index in [9.17, 15) is 4.21 Å². The van der Waals surface area contributed by atoms with Gasteiger partial charge in [-0.3, -0.25) is 4.21 Å². The number of hydrogen-bond donors (Lipinski definition) is 0. The number of ether oxygens (including phenoxy) is 1. The molecule has 3 heteroatoms. The summed E-state index contributed by atoms with van der Waals surface area (Å²) in [6.45, 7) is 6.69. The molecule has 0 aromatic heterocycles. The second-order valence-corrected chi connectivity index (χ2v) is 8.42. The van der Waals surface area contributed by atoms with Crippen LogP contribution in [0, 0.1) is 0 Å². The van der Waals surface area contributed by atoms with Crippen molar-refractivity contribution in [2.75, 3.05) is 5.94 Å². The highest BCUT2D eigenvalue weighted by atomic mass is 32.2. The Kier molecular flexibility index (Phi) is 5.95. The Balaban J connectivity index is 2.14. The van der Waals surface area contributed by atoms with Gasteiger partial charge in [-0.15, -0.1) is 0 Å². The fraction of sp³-hybridized carbons (Fsp3) is 0.455. The largest absolute Gasteiger partial charge is 0.480 e. The van der Waals surface area contributed by atoms with Crippen LogP contribution >= 0.6 is 0 Å². The topological polar surface area (TPSA) is 26.3 Å². The van der Waals surface area contributed by atoms with Crippen molar-refractivity contribution < 1.29 is 8.95 Å². The molecule has 25 heavy (non-hydrogen) atoms. The van der Waals surface area contributed by atoms with E-state index in [2.05, 4.69) is 45.0 Å². The number of hydrogen-bond acceptors (Lipinski definition) is 2. The van der Waals surface area contributed by atoms with Crippen LogP contribution in [0.3, 0.4) is 0 Å². The van der Waals surface area contributed by atoms with Crippen LogP contribution in [0.2, 0.25) is 0 Å². The molecule has 1 aliphatic rings. The molecule has 1 aliphatic heterocycles. The van der Waals surface area contributed by atoms with Crippen molar-refractivity contribution in [1.29, 1.82) is 0 Å². The fourth-order valence-corrected chi connectivity index (χ4v) is 4.79. The zero-order chi connectivity index (χ0) is 17.8. The predicted molar refractivity (Wildman–Crippen MR) is 106 cm³/mol. The molecule has 3 atom stereocenters. The summed E-state index contributed by atoms with van der Waals surface area (Å²) in [6, 6.07) is 14.8. The summed E-state index contributed by atoms with van der Waals surface area (Å²) in [5.74, 6) is 1.70. The molecule has 134 valence electrons. The van der Waals surface area contributed by atoms with Crippen LogP contribution in [0.15, 0.2) is 42.5 Å². The summed E-state index contributed by atoms with van der Waals surface area (Å²) in [5, 5.41) is -0.0886. The van der Waals surface area contributed by atoms with Gasteiger partial charge in [0.05, 0.1) is 16.0 Å². The molecule has 1 heterocycles. The monoisotopic (exact) mass is 356 g/mol. The maximum atomic E-state index is 12.8. The quantitative estimate of drug-likeness (QED) is 0.660. The lowest BCUT2D eigenvalue weighted by atomic mass is 9.89. The van der Waals surface area contributed by atoms with E-state index in [1.165, 1.54) is 24.0 Å². The predicted octanol–water partition coefficient (Wildman–Crippen LogP) is 5.73. The Morgan fingerprint density at radius 2 is 1.96 bits per heavy atom. The first-order valence-electron chi connectivity index (χ1n) is 9.37. The van der Waals surface area contributed by atoms with Crippen LogP contribution in [-0.4, -0.2) is 10.1 Å². The third-order valence-corrected chi connectivity index (χ3v) is 6.54. The van der Waals surface area contributed by atoms with Gasteiger partial charge in [0.1, 0.15) is 5.75 Å². The van der Waals surface area contributed by atoms with Crippen LogP contribution in [0.5, 0.6) is 5.75 Å². The van der Waals surface area contributed by atoms with Crippen molar-refractivity contribution in [3.8, 4) is 5.75 Å². The van der Waals surface area contributed by atoms with Crippen LogP contribution in [0.4, 0.5) is 0 Å². The fourth-order valence-electron chi connectivity index (χ4n) is 3.50. The molecule has 2 nitrogen and oxygen atoms in total. The van der Waals surface area contributed by atoms with Crippen molar-refractivity contribution in [3.63, 3.8) is 0 Å². The minimum atomic E-state index is -1.05. The van der Waals surface area contributed by atoms with Crippen molar-refractivity contribution in [3.05, 3.63) is 64.7 Å². The highest BCUT2D eigenvalue weighted by molar-refractivity contribution is 7.85. The smallest absolute Gasteiger partial charge is 0.164 e. The minimum absolute atomic E-state index is 0.0886. The first kappa shape index (κ1) is 18.2. The standard InChI is InChI=1S/C22H28O2S/c1-4-6-10-17-13-19(16(3)5-2)21-20(14-17)22(25(23)15-24-21)18-11-8-7-9-12-18/h7-9,11-14,16,22H,4-6,10,15H2,1-3H3. The molecule has 0 spiro atoms. The van der Waals surface area contributed by atoms with Crippen LogP contribution in [-0.2, 0) is 17.2 Å². The van der Waals surface area contributed by atoms with Gasteiger partial charge in [0.2, 0.25) is 0 Å². The molecule has 0 radical (unpaired) electrons. The molecule has 2 aromatic carbocycles. The maximum Gasteiger partial charge on any atom is 0.164 e. The normalized spacial score (nSPS) is 20.6. The maximum absolute atomic E-state index is 12.8. The zero-order valence-corrected chi connectivity index (χ0v) is 16.3. The van der Waals surface area contributed by atoms with Gasteiger partial charge in [-0.05, 0) is 41.9 Å². The Hall–Kier alpha value is -1.61. The summed E-state index contributed by atoms with van der Waals surface area (Å²) in [7, 11) is -1.05. The number of aryl methyl sites for hydroxylation is 1. The van der Waals surface area contributed by atoms with Crippen LogP contribution in [0.1, 0.15) is 73.5 Å². The molecule has 3 rings (SSSR count). The van der Waals surface area contributed by atoms with Gasteiger partial charge in [0.15, 0.2) is 5.94 Å². The summed E-state index contributed by atoms with van der Waals surface area (Å²) in [6.07, 6.45) is 4.51. The Labute approximate surface area is 154 Å². The Morgan fingerprint density at radius 1 is 1.20 bits per heavy atom. The highest BCUT2D eigenvalue weighted by Crippen LogP contribution is 2.44. The van der Waals surface area contributed by atoms with Crippen LogP contribution in [0.25, 0.3) is 0 Å². The van der Waals surface area contributed by atoms with Crippen molar-refractivity contribution in [2.24, 2.45) is 0 Å². The molecular weight excluding hydrogens is 328 g/mol. The van der Waals surface area contributed by atoms with Gasteiger partial charge in [0.25, 0.3) is 0 Å². The van der Waals surface area contributed by atoms with Crippen molar-refractivity contribution in [1.82, 2.24) is 0 Å². The number of benzene rings is 2. The number of unbranched alkanes of at least 4 members (excludes halogenated alkanes) is 1. The van der Waals surface area contributed by atoms with E-state index in [0.717, 1.165) is 29.7 Å². The summed E-state index contributed by atoms with van der Waals surface area (Å²) in [4.78, 5) is 0. The number of fused-ring (bicyclic) bond motifs is 1. The van der Waals surface area contributed by atoms with E-state index in [1.807, 2.05) is 18.2 Å². The van der Waals surface area contributed by atoms with E-state index in [0.29, 0.717) is 5.92 Å². The Morgan fingerprint density at radius 3 is 2.64 bits per heavy atom. The van der Waals surface area contributed by atoms with E-state index in [1.54, 1.807) is 0 Å². The lowest BCUT2D eigenvalue weighted by Gasteiger charge is -2.30. The van der Waals surface area contributed by atoms with E-state index in [4.69, 9.17) is 4.74 Å². The van der Waals surface area contributed by atoms with Gasteiger partial charge < -0.3 is 4.74 Å². The van der Waals surface area contributed by atoms with Gasteiger partial charge in [-0.25, -0.2) is 0 Å². The molecular formula is C22H28O2S. The summed E-state index contributed by atoms with van der Waals surface area (Å²) in [5.41, 5.74) is 4.86. The zero-order valence-electron chi connectivity index (χ0n) is 15.5.